The molecule has 0 aromatic heterocycles. The number of ether oxygens (including phenoxy) is 1. The van der Waals surface area contributed by atoms with Gasteiger partial charge in [-0.15, -0.1) is 0 Å². The van der Waals surface area contributed by atoms with E-state index in [2.05, 4.69) is 5.32 Å². The first-order valence-electron chi connectivity index (χ1n) is 8.11. The van der Waals surface area contributed by atoms with Crippen molar-refractivity contribution < 1.29 is 18.1 Å². The molecule has 1 aliphatic rings. The molecule has 2 aromatic carbocycles. The minimum absolute atomic E-state index is 0.0673. The number of hydrogen-bond donors (Lipinski definition) is 1. The van der Waals surface area contributed by atoms with Crippen LogP contribution in [-0.4, -0.2) is 37.8 Å². The summed E-state index contributed by atoms with van der Waals surface area (Å²) in [6.45, 7) is 0.889. The predicted molar refractivity (Wildman–Crippen MR) is 97.4 cm³/mol. The first-order chi connectivity index (χ1) is 12.4. The SMILES string of the molecule is COc1cccc(Nc2ccc(S(=O)(=O)N3CCCC3)cc2[N+](=O)[O-])c1. The molecule has 3 rings (SSSR count). The second-order valence-electron chi connectivity index (χ2n) is 5.90. The van der Waals surface area contributed by atoms with Gasteiger partial charge in [0.25, 0.3) is 5.69 Å². The zero-order chi connectivity index (χ0) is 18.7. The maximum Gasteiger partial charge on any atom is 0.294 e. The number of nitro groups is 1. The van der Waals surface area contributed by atoms with E-state index in [4.69, 9.17) is 4.74 Å². The molecule has 138 valence electrons. The monoisotopic (exact) mass is 377 g/mol. The standard InChI is InChI=1S/C17H19N3O5S/c1-25-14-6-4-5-13(11-14)18-16-8-7-15(12-17(16)20(21)22)26(23,24)19-9-2-3-10-19/h4-8,11-12,18H,2-3,9-10H2,1H3. The number of anilines is 2. The highest BCUT2D eigenvalue weighted by molar-refractivity contribution is 7.89. The maximum atomic E-state index is 12.6. The van der Waals surface area contributed by atoms with Crippen molar-refractivity contribution in [1.82, 2.24) is 4.31 Å². The van der Waals surface area contributed by atoms with E-state index < -0.39 is 14.9 Å². The van der Waals surface area contributed by atoms with Crippen molar-refractivity contribution in [3.63, 3.8) is 0 Å². The van der Waals surface area contributed by atoms with Gasteiger partial charge in [-0.1, -0.05) is 6.07 Å². The smallest absolute Gasteiger partial charge is 0.294 e. The summed E-state index contributed by atoms with van der Waals surface area (Å²) in [5, 5.41) is 14.4. The van der Waals surface area contributed by atoms with Crippen LogP contribution in [0.2, 0.25) is 0 Å². The largest absolute Gasteiger partial charge is 0.497 e. The van der Waals surface area contributed by atoms with E-state index >= 15 is 0 Å². The van der Waals surface area contributed by atoms with Crippen LogP contribution in [0, 0.1) is 10.1 Å². The average Bonchev–Trinajstić information content (AvgIpc) is 3.17. The van der Waals surface area contributed by atoms with Crippen LogP contribution in [0.25, 0.3) is 0 Å². The summed E-state index contributed by atoms with van der Waals surface area (Å²) in [5.74, 6) is 0.603. The van der Waals surface area contributed by atoms with E-state index in [0.717, 1.165) is 18.9 Å². The van der Waals surface area contributed by atoms with Crippen molar-refractivity contribution in [3.05, 3.63) is 52.6 Å². The lowest BCUT2D eigenvalue weighted by Crippen LogP contribution is -2.27. The van der Waals surface area contributed by atoms with Gasteiger partial charge in [0, 0.05) is 30.9 Å². The number of hydrogen-bond acceptors (Lipinski definition) is 6. The van der Waals surface area contributed by atoms with Gasteiger partial charge in [-0.05, 0) is 37.1 Å². The fourth-order valence-electron chi connectivity index (χ4n) is 2.86. The molecule has 0 amide bonds. The molecular weight excluding hydrogens is 358 g/mol. The molecule has 0 spiro atoms. The van der Waals surface area contributed by atoms with Crippen LogP contribution in [0.4, 0.5) is 17.1 Å². The van der Waals surface area contributed by atoms with Gasteiger partial charge in [0.2, 0.25) is 10.0 Å². The lowest BCUT2D eigenvalue weighted by Gasteiger charge is -2.16. The highest BCUT2D eigenvalue weighted by atomic mass is 32.2. The highest BCUT2D eigenvalue weighted by Crippen LogP contribution is 2.32. The summed E-state index contributed by atoms with van der Waals surface area (Å²) in [5.41, 5.74) is 0.513. The zero-order valence-electron chi connectivity index (χ0n) is 14.2. The number of nitrogens with one attached hydrogen (secondary N) is 1. The van der Waals surface area contributed by atoms with Crippen LogP contribution in [-0.2, 0) is 10.0 Å². The first-order valence-corrected chi connectivity index (χ1v) is 9.55. The van der Waals surface area contributed by atoms with E-state index in [-0.39, 0.29) is 16.3 Å². The third-order valence-corrected chi connectivity index (χ3v) is 6.11. The van der Waals surface area contributed by atoms with E-state index in [0.29, 0.717) is 24.5 Å². The maximum absolute atomic E-state index is 12.6. The van der Waals surface area contributed by atoms with Gasteiger partial charge in [0.05, 0.1) is 16.9 Å². The average molecular weight is 377 g/mol. The van der Waals surface area contributed by atoms with Crippen LogP contribution in [0.15, 0.2) is 47.4 Å². The molecule has 0 atom stereocenters. The summed E-state index contributed by atoms with van der Waals surface area (Å²) >= 11 is 0. The Labute approximate surface area is 151 Å². The molecule has 1 saturated heterocycles. The molecule has 0 aliphatic carbocycles. The van der Waals surface area contributed by atoms with Crippen LogP contribution >= 0.6 is 0 Å². The van der Waals surface area contributed by atoms with Crippen molar-refractivity contribution in [2.45, 2.75) is 17.7 Å². The van der Waals surface area contributed by atoms with E-state index in [1.165, 1.54) is 23.5 Å². The Hall–Kier alpha value is -2.65. The summed E-state index contributed by atoms with van der Waals surface area (Å²) in [7, 11) is -2.19. The van der Waals surface area contributed by atoms with Crippen molar-refractivity contribution in [3.8, 4) is 5.75 Å². The van der Waals surface area contributed by atoms with Gasteiger partial charge in [-0.25, -0.2) is 8.42 Å². The Balaban J connectivity index is 1.95. The molecule has 0 radical (unpaired) electrons. The molecular formula is C17H19N3O5S. The normalized spacial score (nSPS) is 15.0. The number of nitrogens with zero attached hydrogens (tertiary/aromatic N) is 2. The highest BCUT2D eigenvalue weighted by Gasteiger charge is 2.29. The van der Waals surface area contributed by atoms with Crippen molar-refractivity contribution in [2.75, 3.05) is 25.5 Å². The fraction of sp³-hybridized carbons (Fsp3) is 0.294. The summed E-state index contributed by atoms with van der Waals surface area (Å²) < 4.78 is 31.8. The molecule has 1 N–H and O–H groups in total. The predicted octanol–water partition coefficient (Wildman–Crippen LogP) is 3.13. The van der Waals surface area contributed by atoms with Gasteiger partial charge < -0.3 is 10.1 Å². The topological polar surface area (TPSA) is 102 Å². The summed E-state index contributed by atoms with van der Waals surface area (Å²) in [6, 6.07) is 10.9. The quantitative estimate of drug-likeness (QED) is 0.613. The lowest BCUT2D eigenvalue weighted by molar-refractivity contribution is -0.384. The van der Waals surface area contributed by atoms with E-state index in [1.807, 2.05) is 0 Å². The van der Waals surface area contributed by atoms with Crippen LogP contribution in [0.1, 0.15) is 12.8 Å². The summed E-state index contributed by atoms with van der Waals surface area (Å²) in [4.78, 5) is 10.8. The van der Waals surface area contributed by atoms with Gasteiger partial charge in [-0.3, -0.25) is 10.1 Å². The molecule has 9 heteroatoms. The molecule has 26 heavy (non-hydrogen) atoms. The number of methoxy groups -OCH3 is 1. The third kappa shape index (κ3) is 3.63. The van der Waals surface area contributed by atoms with E-state index in [9.17, 15) is 18.5 Å². The van der Waals surface area contributed by atoms with Crippen LogP contribution in [0.3, 0.4) is 0 Å². The minimum atomic E-state index is -3.71. The molecule has 0 unspecified atom stereocenters. The first kappa shape index (κ1) is 18.2. The Kier molecular flexibility index (Phi) is 5.10. The molecule has 1 fully saturated rings. The van der Waals surface area contributed by atoms with Gasteiger partial charge in [0.15, 0.2) is 0 Å². The molecule has 2 aromatic rings. The molecule has 8 nitrogen and oxygen atoms in total. The number of nitro benzene ring substituents is 1. The Morgan fingerprint density at radius 1 is 1.15 bits per heavy atom. The van der Waals surface area contributed by atoms with Crippen molar-refractivity contribution in [2.24, 2.45) is 0 Å². The molecule has 1 heterocycles. The van der Waals surface area contributed by atoms with Crippen LogP contribution < -0.4 is 10.1 Å². The number of benzene rings is 2. The van der Waals surface area contributed by atoms with Crippen molar-refractivity contribution in [1.29, 1.82) is 0 Å². The Morgan fingerprint density at radius 3 is 2.54 bits per heavy atom. The van der Waals surface area contributed by atoms with Crippen LogP contribution in [0.5, 0.6) is 5.75 Å². The lowest BCUT2D eigenvalue weighted by atomic mass is 10.2. The van der Waals surface area contributed by atoms with Gasteiger partial charge >= 0.3 is 0 Å². The van der Waals surface area contributed by atoms with Gasteiger partial charge in [0.1, 0.15) is 11.4 Å². The zero-order valence-corrected chi connectivity index (χ0v) is 15.0. The second-order valence-corrected chi connectivity index (χ2v) is 7.84. The minimum Gasteiger partial charge on any atom is -0.497 e. The molecule has 0 saturated carbocycles. The third-order valence-electron chi connectivity index (χ3n) is 4.22. The molecule has 1 aliphatic heterocycles. The second kappa shape index (κ2) is 7.30. The Bertz CT molecular complexity index is 924. The Morgan fingerprint density at radius 2 is 1.88 bits per heavy atom. The van der Waals surface area contributed by atoms with Crippen molar-refractivity contribution >= 4 is 27.1 Å². The number of rotatable bonds is 6. The fourth-order valence-corrected chi connectivity index (χ4v) is 4.40. The van der Waals surface area contributed by atoms with Gasteiger partial charge in [-0.2, -0.15) is 4.31 Å². The summed E-state index contributed by atoms with van der Waals surface area (Å²) in [6.07, 6.45) is 1.60. The van der Waals surface area contributed by atoms with E-state index in [1.54, 1.807) is 24.3 Å². The number of sulfonamides is 1. The molecule has 0 bridgehead atoms.